The van der Waals surface area contributed by atoms with Crippen LogP contribution in [0.1, 0.15) is 96.8 Å². The number of rotatable bonds is 13. The van der Waals surface area contributed by atoms with Crippen molar-refractivity contribution in [2.45, 2.75) is 80.7 Å². The number of nitrogens with zero attached hydrogens (tertiary/aromatic N) is 3. The van der Waals surface area contributed by atoms with E-state index in [9.17, 15) is 23.3 Å². The number of allylic oxidation sites excluding steroid dienone is 1. The number of benzene rings is 3. The number of aromatic amines is 1. The Balaban J connectivity index is 0.954. The maximum atomic E-state index is 13.9. The number of nitrogens with one attached hydrogen (secondary N) is 3. The molecule has 3 aromatic carbocycles. The number of likely N-dealkylation sites (tertiary alicyclic amines) is 1. The zero-order chi connectivity index (χ0) is 40.5. The molecular formula is C45H48N6O7S. The molecule has 2 atom stereocenters. The van der Waals surface area contributed by atoms with Gasteiger partial charge in [-0.2, -0.15) is 0 Å². The van der Waals surface area contributed by atoms with E-state index in [0.29, 0.717) is 49.2 Å². The number of hydrogen-bond donors (Lipinski definition) is 3. The monoisotopic (exact) mass is 816 g/mol. The number of nitro benzene ring substituents is 1. The summed E-state index contributed by atoms with van der Waals surface area (Å²) in [5.41, 5.74) is 5.50. The minimum atomic E-state index is -4.54. The fourth-order valence-electron chi connectivity index (χ4n) is 9.04. The molecular weight excluding hydrogens is 769 g/mol. The fraction of sp³-hybridized carbons (Fsp3) is 0.378. The van der Waals surface area contributed by atoms with E-state index in [-0.39, 0.29) is 22.9 Å². The molecule has 3 N–H and O–H groups in total. The van der Waals surface area contributed by atoms with Crippen LogP contribution in [0.2, 0.25) is 0 Å². The first-order valence-electron chi connectivity index (χ1n) is 20.7. The van der Waals surface area contributed by atoms with Crippen LogP contribution in [0.5, 0.6) is 11.5 Å². The minimum absolute atomic E-state index is 0.0146. The molecule has 2 saturated heterocycles. The highest BCUT2D eigenvalue weighted by Crippen LogP contribution is 2.47. The molecule has 0 radical (unpaired) electrons. The molecule has 13 nitrogen and oxygen atoms in total. The van der Waals surface area contributed by atoms with Gasteiger partial charge >= 0.3 is 0 Å². The minimum Gasteiger partial charge on any atom is -0.455 e. The standard InChI is InChI=1S/C45H48N6O7S/c52-45(49-59(55,56)36-14-16-40(42(26-36)51(53)54)47-27-29-18-22-57-23-19-29)39-15-11-32(25-43(39)58-35-24-33-17-20-46-44(33)48-28-35)30-9-12-34(13-10-30)50-21-3-6-41(50)38-5-2-1-4-37(38)31-7-8-31/h1-2,4-5,9,11,14-17,20,24-26,28-29,31,34,41,47H,3,6-8,10,12-13,18-19,21-23,27H2,(H,46,48)(H,49,52). The molecule has 59 heavy (non-hydrogen) atoms. The summed E-state index contributed by atoms with van der Waals surface area (Å²) in [4.78, 5) is 35.1. The van der Waals surface area contributed by atoms with E-state index in [1.807, 2.05) is 12.1 Å². The number of nitro groups is 1. The highest BCUT2D eigenvalue weighted by atomic mass is 32.2. The Morgan fingerprint density at radius 3 is 2.59 bits per heavy atom. The number of carbonyl (C=O) groups is 1. The zero-order valence-corrected chi connectivity index (χ0v) is 33.6. The Kier molecular flexibility index (Phi) is 10.9. The van der Waals surface area contributed by atoms with Crippen LogP contribution in [0.3, 0.4) is 0 Å². The molecule has 0 bridgehead atoms. The summed E-state index contributed by atoms with van der Waals surface area (Å²) in [5, 5.41) is 16.0. The molecule has 2 aliphatic carbocycles. The summed E-state index contributed by atoms with van der Waals surface area (Å²) < 4.78 is 41.2. The number of fused-ring (bicyclic) bond motifs is 1. The number of sulfonamides is 1. The number of ether oxygens (including phenoxy) is 2. The lowest BCUT2D eigenvalue weighted by molar-refractivity contribution is -0.384. The predicted octanol–water partition coefficient (Wildman–Crippen LogP) is 8.87. The van der Waals surface area contributed by atoms with E-state index in [4.69, 9.17) is 9.47 Å². The summed E-state index contributed by atoms with van der Waals surface area (Å²) in [7, 11) is -4.54. The van der Waals surface area contributed by atoms with E-state index in [1.54, 1.807) is 30.6 Å². The second-order valence-electron chi connectivity index (χ2n) is 16.2. The van der Waals surface area contributed by atoms with Gasteiger partial charge in [0.05, 0.1) is 21.6 Å². The molecule has 0 spiro atoms. The Labute approximate surface area is 343 Å². The van der Waals surface area contributed by atoms with Gasteiger partial charge in [0.25, 0.3) is 21.6 Å². The van der Waals surface area contributed by atoms with Crippen molar-refractivity contribution < 1.29 is 27.6 Å². The Morgan fingerprint density at radius 2 is 1.81 bits per heavy atom. The smallest absolute Gasteiger partial charge is 0.293 e. The van der Waals surface area contributed by atoms with Crippen molar-refractivity contribution in [1.29, 1.82) is 0 Å². The first-order valence-corrected chi connectivity index (χ1v) is 22.1. The molecule has 4 heterocycles. The fourth-order valence-corrected chi connectivity index (χ4v) is 10.0. The van der Waals surface area contributed by atoms with Crippen LogP contribution < -0.4 is 14.8 Å². The van der Waals surface area contributed by atoms with Crippen molar-refractivity contribution in [1.82, 2.24) is 19.6 Å². The summed E-state index contributed by atoms with van der Waals surface area (Å²) in [6.07, 6.45) is 14.9. The van der Waals surface area contributed by atoms with Crippen molar-refractivity contribution >= 4 is 43.9 Å². The van der Waals surface area contributed by atoms with Gasteiger partial charge in [-0.05, 0) is 135 Å². The Morgan fingerprint density at radius 1 is 0.983 bits per heavy atom. The number of anilines is 1. The van der Waals surface area contributed by atoms with Gasteiger partial charge in [0.15, 0.2) is 0 Å². The molecule has 2 aromatic heterocycles. The lowest BCUT2D eigenvalue weighted by atomic mass is 9.88. The van der Waals surface area contributed by atoms with Crippen LogP contribution >= 0.6 is 0 Å². The second kappa shape index (κ2) is 16.6. The van der Waals surface area contributed by atoms with Gasteiger partial charge < -0.3 is 19.8 Å². The molecule has 5 aromatic rings. The Hall–Kier alpha value is -5.57. The van der Waals surface area contributed by atoms with E-state index >= 15 is 0 Å². The van der Waals surface area contributed by atoms with Gasteiger partial charge in [-0.3, -0.25) is 19.8 Å². The number of hydrogen-bond acceptors (Lipinski definition) is 10. The van der Waals surface area contributed by atoms with Crippen molar-refractivity contribution in [3.8, 4) is 11.5 Å². The van der Waals surface area contributed by atoms with Gasteiger partial charge in [0, 0.05) is 49.5 Å². The number of aromatic nitrogens is 2. The number of carbonyl (C=O) groups excluding carboxylic acids is 1. The molecule has 3 fully saturated rings. The number of pyridine rings is 1. The van der Waals surface area contributed by atoms with Gasteiger partial charge in [-0.25, -0.2) is 18.1 Å². The molecule has 306 valence electrons. The summed E-state index contributed by atoms with van der Waals surface area (Å²) in [6.45, 7) is 2.85. The second-order valence-corrected chi connectivity index (χ2v) is 17.8. The maximum absolute atomic E-state index is 13.9. The SMILES string of the molecule is O=C(NS(=O)(=O)c1ccc(NCC2CCOCC2)c([N+](=O)[O-])c1)c1ccc(C2=CCC(N3CCCC3c3ccccc3C3CC3)CC2)cc1Oc1cnc2[nH]ccc2c1. The summed E-state index contributed by atoms with van der Waals surface area (Å²) >= 11 is 0. The maximum Gasteiger partial charge on any atom is 0.293 e. The Bertz CT molecular complexity index is 2530. The summed E-state index contributed by atoms with van der Waals surface area (Å²) in [6, 6.07) is 22.3. The van der Waals surface area contributed by atoms with Crippen LogP contribution in [-0.4, -0.2) is 66.5 Å². The quantitative estimate of drug-likeness (QED) is 0.0771. The summed E-state index contributed by atoms with van der Waals surface area (Å²) in [5.74, 6) is 0.579. The van der Waals surface area contributed by atoms with E-state index < -0.39 is 31.4 Å². The average molecular weight is 817 g/mol. The van der Waals surface area contributed by atoms with Crippen LogP contribution in [0.25, 0.3) is 16.6 Å². The molecule has 4 aliphatic rings. The third kappa shape index (κ3) is 8.48. The van der Waals surface area contributed by atoms with Crippen LogP contribution in [-0.2, 0) is 14.8 Å². The molecule has 1 amide bonds. The van der Waals surface area contributed by atoms with E-state index in [2.05, 4.69) is 55.2 Å². The lowest BCUT2D eigenvalue weighted by Crippen LogP contribution is -2.36. The zero-order valence-electron chi connectivity index (χ0n) is 32.8. The van der Waals surface area contributed by atoms with Crippen molar-refractivity contribution in [2.24, 2.45) is 5.92 Å². The first kappa shape index (κ1) is 38.9. The normalized spacial score (nSPS) is 20.3. The van der Waals surface area contributed by atoms with Gasteiger partial charge in [-0.1, -0.05) is 36.4 Å². The van der Waals surface area contributed by atoms with Gasteiger partial charge in [0.1, 0.15) is 22.8 Å². The molecule has 2 aliphatic heterocycles. The van der Waals surface area contributed by atoms with Crippen LogP contribution in [0, 0.1) is 16.0 Å². The average Bonchev–Trinajstić information content (AvgIpc) is 3.79. The van der Waals surface area contributed by atoms with Crippen molar-refractivity contribution in [3.05, 3.63) is 124 Å². The van der Waals surface area contributed by atoms with Crippen molar-refractivity contribution in [2.75, 3.05) is 31.6 Å². The predicted molar refractivity (Wildman–Crippen MR) is 225 cm³/mol. The van der Waals surface area contributed by atoms with E-state index in [0.717, 1.165) is 61.2 Å². The molecule has 2 unspecified atom stereocenters. The topological polar surface area (TPSA) is 169 Å². The number of H-pyrrole nitrogens is 1. The van der Waals surface area contributed by atoms with Gasteiger partial charge in [0.2, 0.25) is 0 Å². The molecule has 14 heteroatoms. The highest BCUT2D eigenvalue weighted by Gasteiger charge is 2.36. The number of amides is 1. The van der Waals surface area contributed by atoms with Crippen LogP contribution in [0.15, 0.2) is 96.2 Å². The lowest BCUT2D eigenvalue weighted by Gasteiger charge is -2.36. The van der Waals surface area contributed by atoms with E-state index in [1.165, 1.54) is 48.9 Å². The highest BCUT2D eigenvalue weighted by molar-refractivity contribution is 7.90. The molecule has 1 saturated carbocycles. The van der Waals surface area contributed by atoms with Crippen LogP contribution in [0.4, 0.5) is 11.4 Å². The first-order chi connectivity index (χ1) is 28.7. The third-order valence-electron chi connectivity index (χ3n) is 12.3. The largest absolute Gasteiger partial charge is 0.455 e. The third-order valence-corrected chi connectivity index (χ3v) is 13.7. The van der Waals surface area contributed by atoms with Gasteiger partial charge in [-0.15, -0.1) is 0 Å². The van der Waals surface area contributed by atoms with Crippen molar-refractivity contribution in [3.63, 3.8) is 0 Å². The molecule has 9 rings (SSSR count).